The number of hydrogen-bond acceptors (Lipinski definition) is 4. The molecule has 3 rings (SSSR count). The molecule has 1 aliphatic rings. The Kier molecular flexibility index (Phi) is 4.10. The number of amides is 1. The van der Waals surface area contributed by atoms with Crippen molar-refractivity contribution in [3.8, 4) is 5.75 Å². The molecule has 2 heterocycles. The highest BCUT2D eigenvalue weighted by Crippen LogP contribution is 2.36. The molecule has 2 aromatic rings. The van der Waals surface area contributed by atoms with Crippen molar-refractivity contribution in [3.05, 3.63) is 29.5 Å². The molecule has 2 N–H and O–H groups in total. The van der Waals surface area contributed by atoms with Gasteiger partial charge in [0.25, 0.3) is 0 Å². The van der Waals surface area contributed by atoms with Crippen molar-refractivity contribution in [2.24, 2.45) is 0 Å². The Bertz CT molecular complexity index is 834. The van der Waals surface area contributed by atoms with Gasteiger partial charge in [-0.3, -0.25) is 4.90 Å². The summed E-state index contributed by atoms with van der Waals surface area (Å²) in [5.41, 5.74) is 1.56. The van der Waals surface area contributed by atoms with Gasteiger partial charge in [0.1, 0.15) is 11.4 Å². The van der Waals surface area contributed by atoms with E-state index in [9.17, 15) is 14.7 Å². The Morgan fingerprint density at radius 3 is 2.64 bits per heavy atom. The van der Waals surface area contributed by atoms with Crippen molar-refractivity contribution >= 4 is 23.0 Å². The normalized spacial score (nSPS) is 17.3. The molecule has 0 aliphatic carbocycles. The molecule has 1 amide bonds. The van der Waals surface area contributed by atoms with Crippen molar-refractivity contribution in [3.63, 3.8) is 0 Å². The van der Waals surface area contributed by atoms with Crippen LogP contribution in [0.3, 0.4) is 0 Å². The minimum absolute atomic E-state index is 0.281. The number of carbonyl (C=O) groups is 2. The van der Waals surface area contributed by atoms with E-state index in [1.165, 1.54) is 4.90 Å². The molecule has 1 atom stereocenters. The van der Waals surface area contributed by atoms with Crippen LogP contribution in [-0.2, 0) is 16.0 Å². The third-order valence-corrected chi connectivity index (χ3v) is 4.20. The van der Waals surface area contributed by atoms with Crippen LogP contribution in [0, 0.1) is 0 Å². The van der Waals surface area contributed by atoms with E-state index in [0.717, 1.165) is 16.5 Å². The maximum absolute atomic E-state index is 12.5. The van der Waals surface area contributed by atoms with Crippen LogP contribution in [-0.4, -0.2) is 46.3 Å². The molecule has 1 aromatic carbocycles. The number of rotatable bonds is 2. The first kappa shape index (κ1) is 17.1. The summed E-state index contributed by atoms with van der Waals surface area (Å²) in [7, 11) is 1.59. The van der Waals surface area contributed by atoms with E-state index < -0.39 is 23.7 Å². The van der Waals surface area contributed by atoms with Crippen molar-refractivity contribution in [2.75, 3.05) is 13.7 Å². The van der Waals surface area contributed by atoms with Crippen molar-refractivity contribution in [1.82, 2.24) is 9.88 Å². The maximum Gasteiger partial charge on any atom is 0.411 e. The van der Waals surface area contributed by atoms with Crippen LogP contribution in [0.5, 0.6) is 5.75 Å². The van der Waals surface area contributed by atoms with Gasteiger partial charge < -0.3 is 19.6 Å². The van der Waals surface area contributed by atoms with Gasteiger partial charge in [0.15, 0.2) is 6.04 Å². The monoisotopic (exact) mass is 346 g/mol. The topological polar surface area (TPSA) is 91.9 Å². The predicted octanol–water partition coefficient (Wildman–Crippen LogP) is 3.10. The zero-order chi connectivity index (χ0) is 18.4. The van der Waals surface area contributed by atoms with Gasteiger partial charge in [0.2, 0.25) is 0 Å². The standard InChI is InChI=1S/C18H22N2O5/c1-18(2,3)25-17(23)20-8-7-11-12-9-10(24-4)5-6-13(12)19-14(11)15(20)16(21)22/h5-6,9,15,19H,7-8H2,1-4H3,(H,21,22)/t15-/m1/s1. The predicted molar refractivity (Wildman–Crippen MR) is 91.9 cm³/mol. The zero-order valence-electron chi connectivity index (χ0n) is 14.8. The first-order valence-electron chi connectivity index (χ1n) is 8.12. The van der Waals surface area contributed by atoms with Crippen LogP contribution in [0.4, 0.5) is 4.79 Å². The van der Waals surface area contributed by atoms with Gasteiger partial charge in [-0.25, -0.2) is 9.59 Å². The average molecular weight is 346 g/mol. The summed E-state index contributed by atoms with van der Waals surface area (Å²) in [4.78, 5) is 28.8. The lowest BCUT2D eigenvalue weighted by atomic mass is 9.97. The lowest BCUT2D eigenvalue weighted by molar-refractivity contribution is -0.144. The van der Waals surface area contributed by atoms with Gasteiger partial charge in [-0.15, -0.1) is 0 Å². The first-order chi connectivity index (χ1) is 11.7. The van der Waals surface area contributed by atoms with Gasteiger partial charge in [-0.1, -0.05) is 0 Å². The number of carboxylic acid groups (broad SMARTS) is 1. The highest BCUT2D eigenvalue weighted by molar-refractivity contribution is 5.90. The second-order valence-electron chi connectivity index (χ2n) is 7.09. The van der Waals surface area contributed by atoms with E-state index in [-0.39, 0.29) is 6.54 Å². The summed E-state index contributed by atoms with van der Waals surface area (Å²) in [5, 5.41) is 10.7. The Hall–Kier alpha value is -2.70. The Balaban J connectivity index is 2.04. The molecule has 1 aromatic heterocycles. The SMILES string of the molecule is COc1ccc2[nH]c3c(c2c1)CCN(C(=O)OC(C)(C)C)[C@H]3C(=O)O. The number of nitrogens with zero attached hydrogens (tertiary/aromatic N) is 1. The van der Waals surface area contributed by atoms with Crippen molar-refractivity contribution in [1.29, 1.82) is 0 Å². The second kappa shape index (κ2) is 5.98. The van der Waals surface area contributed by atoms with E-state index in [2.05, 4.69) is 4.98 Å². The van der Waals surface area contributed by atoms with Crippen LogP contribution < -0.4 is 4.74 Å². The second-order valence-corrected chi connectivity index (χ2v) is 7.09. The Labute approximate surface area is 145 Å². The van der Waals surface area contributed by atoms with Crippen LogP contribution in [0.15, 0.2) is 18.2 Å². The summed E-state index contributed by atoms with van der Waals surface area (Å²) in [5.74, 6) is -0.388. The fourth-order valence-corrected chi connectivity index (χ4v) is 3.17. The molecule has 1 aliphatic heterocycles. The van der Waals surface area contributed by atoms with E-state index in [1.807, 2.05) is 18.2 Å². The fourth-order valence-electron chi connectivity index (χ4n) is 3.17. The maximum atomic E-state index is 12.5. The number of H-pyrrole nitrogens is 1. The number of carboxylic acids is 1. The quantitative estimate of drug-likeness (QED) is 0.872. The molecule has 0 saturated heterocycles. The van der Waals surface area contributed by atoms with E-state index in [0.29, 0.717) is 17.9 Å². The molecule has 134 valence electrons. The molecule has 0 spiro atoms. The molecular formula is C18H22N2O5. The Morgan fingerprint density at radius 2 is 2.04 bits per heavy atom. The van der Waals surface area contributed by atoms with E-state index >= 15 is 0 Å². The molecule has 7 nitrogen and oxygen atoms in total. The number of methoxy groups -OCH3 is 1. The molecule has 25 heavy (non-hydrogen) atoms. The van der Waals surface area contributed by atoms with Gasteiger partial charge in [0.05, 0.1) is 12.8 Å². The molecule has 0 radical (unpaired) electrons. The zero-order valence-corrected chi connectivity index (χ0v) is 14.8. The lowest BCUT2D eigenvalue weighted by Gasteiger charge is -2.34. The summed E-state index contributed by atoms with van der Waals surface area (Å²) in [6.45, 7) is 5.55. The number of aromatic nitrogens is 1. The van der Waals surface area contributed by atoms with Gasteiger partial charge in [-0.05, 0) is 51.0 Å². The van der Waals surface area contributed by atoms with Crippen LogP contribution in [0.1, 0.15) is 38.1 Å². The van der Waals surface area contributed by atoms with Gasteiger partial charge in [-0.2, -0.15) is 0 Å². The number of ether oxygens (including phenoxy) is 2. The van der Waals surface area contributed by atoms with E-state index in [4.69, 9.17) is 9.47 Å². The Morgan fingerprint density at radius 1 is 1.32 bits per heavy atom. The summed E-state index contributed by atoms with van der Waals surface area (Å²) in [6, 6.07) is 4.44. The lowest BCUT2D eigenvalue weighted by Crippen LogP contribution is -2.45. The summed E-state index contributed by atoms with van der Waals surface area (Å²) < 4.78 is 10.6. The number of benzene rings is 1. The third kappa shape index (κ3) is 3.14. The minimum Gasteiger partial charge on any atom is -0.497 e. The number of carbonyl (C=O) groups excluding carboxylic acids is 1. The molecule has 0 saturated carbocycles. The van der Waals surface area contributed by atoms with Crippen LogP contribution in [0.25, 0.3) is 10.9 Å². The van der Waals surface area contributed by atoms with Crippen molar-refractivity contribution in [2.45, 2.75) is 38.8 Å². The smallest absolute Gasteiger partial charge is 0.411 e. The molecule has 0 unspecified atom stereocenters. The summed E-state index contributed by atoms with van der Waals surface area (Å²) >= 11 is 0. The average Bonchev–Trinajstić information content (AvgIpc) is 2.89. The molecular weight excluding hydrogens is 324 g/mol. The first-order valence-corrected chi connectivity index (χ1v) is 8.12. The molecule has 0 bridgehead atoms. The highest BCUT2D eigenvalue weighted by atomic mass is 16.6. The minimum atomic E-state index is -1.10. The number of nitrogens with one attached hydrogen (secondary N) is 1. The van der Waals surface area contributed by atoms with Gasteiger partial charge in [0, 0.05) is 17.4 Å². The van der Waals surface area contributed by atoms with Crippen LogP contribution >= 0.6 is 0 Å². The molecule has 7 heteroatoms. The molecule has 0 fully saturated rings. The number of aliphatic carboxylic acids is 1. The van der Waals surface area contributed by atoms with Gasteiger partial charge >= 0.3 is 12.1 Å². The number of fused-ring (bicyclic) bond motifs is 3. The third-order valence-electron chi connectivity index (χ3n) is 4.20. The summed E-state index contributed by atoms with van der Waals surface area (Å²) in [6.07, 6.45) is -0.0762. The van der Waals surface area contributed by atoms with Crippen molar-refractivity contribution < 1.29 is 24.2 Å². The number of aromatic amines is 1. The largest absolute Gasteiger partial charge is 0.497 e. The van der Waals surface area contributed by atoms with E-state index in [1.54, 1.807) is 27.9 Å². The van der Waals surface area contributed by atoms with Crippen LogP contribution in [0.2, 0.25) is 0 Å². The highest BCUT2D eigenvalue weighted by Gasteiger charge is 2.40. The fraction of sp³-hybridized carbons (Fsp3) is 0.444. The number of hydrogen-bond donors (Lipinski definition) is 2.